The number of anilines is 1. The molecule has 156 valence electrons. The Morgan fingerprint density at radius 2 is 1.87 bits per heavy atom. The molecule has 6 nitrogen and oxygen atoms in total. The summed E-state index contributed by atoms with van der Waals surface area (Å²) in [5.74, 6) is -2.68. The summed E-state index contributed by atoms with van der Waals surface area (Å²) in [5, 5.41) is 9.03. The van der Waals surface area contributed by atoms with E-state index in [-0.39, 0.29) is 35.1 Å². The molecular weight excluding hydrogens is 421 g/mol. The van der Waals surface area contributed by atoms with E-state index in [9.17, 15) is 22.8 Å². The van der Waals surface area contributed by atoms with Gasteiger partial charge in [0.1, 0.15) is 22.3 Å². The SMILES string of the molecule is Cc1ccc(C(=O)NCCNc2cnn(-c3ccc(F)cc3F)c(=O)c2Cl)cc1F. The molecule has 0 spiro atoms. The van der Waals surface area contributed by atoms with Gasteiger partial charge in [-0.05, 0) is 36.8 Å². The average Bonchev–Trinajstić information content (AvgIpc) is 2.71. The van der Waals surface area contributed by atoms with Crippen LogP contribution < -0.4 is 16.2 Å². The van der Waals surface area contributed by atoms with Crippen LogP contribution in [-0.2, 0) is 0 Å². The lowest BCUT2D eigenvalue weighted by molar-refractivity contribution is 0.0954. The van der Waals surface area contributed by atoms with Crippen molar-refractivity contribution in [1.82, 2.24) is 15.1 Å². The molecular formula is C20H16ClF3N4O2. The van der Waals surface area contributed by atoms with E-state index >= 15 is 0 Å². The van der Waals surface area contributed by atoms with Crippen molar-refractivity contribution in [3.05, 3.63) is 86.6 Å². The first-order chi connectivity index (χ1) is 14.3. The number of carbonyl (C=O) groups excluding carboxylic acids is 1. The summed E-state index contributed by atoms with van der Waals surface area (Å²) < 4.78 is 41.2. The van der Waals surface area contributed by atoms with Crippen LogP contribution in [0.3, 0.4) is 0 Å². The molecule has 0 saturated carbocycles. The number of benzene rings is 2. The van der Waals surface area contributed by atoms with Crippen molar-refractivity contribution in [1.29, 1.82) is 0 Å². The van der Waals surface area contributed by atoms with Gasteiger partial charge >= 0.3 is 0 Å². The second-order valence-electron chi connectivity index (χ2n) is 6.33. The maximum absolute atomic E-state index is 13.9. The van der Waals surface area contributed by atoms with Crippen LogP contribution >= 0.6 is 11.6 Å². The summed E-state index contributed by atoms with van der Waals surface area (Å²) in [5.41, 5.74) is -0.248. The molecule has 30 heavy (non-hydrogen) atoms. The summed E-state index contributed by atoms with van der Waals surface area (Å²) >= 11 is 6.04. The monoisotopic (exact) mass is 436 g/mol. The van der Waals surface area contributed by atoms with E-state index in [0.717, 1.165) is 22.9 Å². The highest BCUT2D eigenvalue weighted by molar-refractivity contribution is 6.32. The standard InChI is InChI=1S/C20H16ClF3N4O2/c1-11-2-3-12(8-14(11)23)19(29)26-7-6-25-16-10-27-28(20(30)18(16)21)17-5-4-13(22)9-15(17)24/h2-5,8-10,25H,6-7H2,1H3,(H,26,29). The maximum Gasteiger partial charge on any atom is 0.292 e. The molecule has 3 aromatic rings. The number of nitrogens with one attached hydrogen (secondary N) is 2. The quantitative estimate of drug-likeness (QED) is 0.580. The Kier molecular flexibility index (Phi) is 6.41. The lowest BCUT2D eigenvalue weighted by Gasteiger charge is -2.11. The average molecular weight is 437 g/mol. The zero-order valence-corrected chi connectivity index (χ0v) is 16.4. The Hall–Kier alpha value is -3.33. The summed E-state index contributed by atoms with van der Waals surface area (Å²) in [4.78, 5) is 24.4. The van der Waals surface area contributed by atoms with Crippen molar-refractivity contribution in [3.8, 4) is 5.69 Å². The molecule has 1 heterocycles. The lowest BCUT2D eigenvalue weighted by atomic mass is 10.1. The highest BCUT2D eigenvalue weighted by atomic mass is 35.5. The van der Waals surface area contributed by atoms with Crippen molar-refractivity contribution in [3.63, 3.8) is 0 Å². The van der Waals surface area contributed by atoms with E-state index in [1.165, 1.54) is 18.3 Å². The fraction of sp³-hybridized carbons (Fsp3) is 0.150. The number of halogens is 4. The number of rotatable bonds is 6. The normalized spacial score (nSPS) is 10.7. The molecule has 0 unspecified atom stereocenters. The van der Waals surface area contributed by atoms with Gasteiger partial charge in [-0.3, -0.25) is 9.59 Å². The minimum Gasteiger partial charge on any atom is -0.381 e. The lowest BCUT2D eigenvalue weighted by Crippen LogP contribution is -2.29. The predicted octanol–water partition coefficient (Wildman–Crippen LogP) is 3.45. The summed E-state index contributed by atoms with van der Waals surface area (Å²) in [6.07, 6.45) is 1.21. The molecule has 10 heteroatoms. The molecule has 0 bridgehead atoms. The number of carbonyl (C=O) groups is 1. The summed E-state index contributed by atoms with van der Waals surface area (Å²) in [6.45, 7) is 1.94. The van der Waals surface area contributed by atoms with E-state index in [1.54, 1.807) is 6.92 Å². The zero-order chi connectivity index (χ0) is 21.8. The van der Waals surface area contributed by atoms with E-state index in [4.69, 9.17) is 11.6 Å². The largest absolute Gasteiger partial charge is 0.381 e. The first-order valence-corrected chi connectivity index (χ1v) is 9.17. The molecule has 0 saturated heterocycles. The van der Waals surface area contributed by atoms with E-state index in [1.807, 2.05) is 0 Å². The van der Waals surface area contributed by atoms with Gasteiger partial charge in [-0.15, -0.1) is 0 Å². The number of hydrogen-bond acceptors (Lipinski definition) is 4. The van der Waals surface area contributed by atoms with Gasteiger partial charge in [0.05, 0.1) is 11.9 Å². The smallest absolute Gasteiger partial charge is 0.292 e. The topological polar surface area (TPSA) is 76.0 Å². The first kappa shape index (κ1) is 21.4. The molecule has 0 aliphatic heterocycles. The van der Waals surface area contributed by atoms with Crippen molar-refractivity contribution >= 4 is 23.2 Å². The Balaban J connectivity index is 1.63. The van der Waals surface area contributed by atoms with Gasteiger partial charge in [0, 0.05) is 24.7 Å². The van der Waals surface area contributed by atoms with Crippen LogP contribution in [0.5, 0.6) is 0 Å². The number of nitrogens with zero attached hydrogens (tertiary/aromatic N) is 2. The van der Waals surface area contributed by atoms with Crippen LogP contribution in [0, 0.1) is 24.4 Å². The van der Waals surface area contributed by atoms with Gasteiger partial charge < -0.3 is 10.6 Å². The van der Waals surface area contributed by atoms with Gasteiger partial charge in [-0.1, -0.05) is 17.7 Å². The molecule has 0 aliphatic rings. The fourth-order valence-electron chi connectivity index (χ4n) is 2.59. The number of hydrogen-bond donors (Lipinski definition) is 2. The fourth-order valence-corrected chi connectivity index (χ4v) is 2.79. The first-order valence-electron chi connectivity index (χ1n) is 8.79. The van der Waals surface area contributed by atoms with Gasteiger partial charge in [0.15, 0.2) is 5.82 Å². The van der Waals surface area contributed by atoms with Crippen molar-refractivity contribution < 1.29 is 18.0 Å². The maximum atomic E-state index is 13.9. The van der Waals surface area contributed by atoms with Crippen LogP contribution in [0.1, 0.15) is 15.9 Å². The van der Waals surface area contributed by atoms with E-state index < -0.39 is 28.9 Å². The molecule has 1 amide bonds. The van der Waals surface area contributed by atoms with Gasteiger partial charge in [0.2, 0.25) is 0 Å². The number of amides is 1. The Morgan fingerprint density at radius 1 is 1.10 bits per heavy atom. The zero-order valence-electron chi connectivity index (χ0n) is 15.7. The van der Waals surface area contributed by atoms with E-state index in [0.29, 0.717) is 11.6 Å². The second-order valence-corrected chi connectivity index (χ2v) is 6.71. The predicted molar refractivity (Wildman–Crippen MR) is 107 cm³/mol. The minimum absolute atomic E-state index is 0.153. The molecule has 0 fully saturated rings. The van der Waals surface area contributed by atoms with Crippen LogP contribution in [0.25, 0.3) is 5.69 Å². The van der Waals surface area contributed by atoms with Crippen LogP contribution in [0.15, 0.2) is 47.4 Å². The third kappa shape index (κ3) is 4.62. The minimum atomic E-state index is -0.961. The Bertz CT molecular complexity index is 1170. The summed E-state index contributed by atoms with van der Waals surface area (Å²) in [7, 11) is 0. The van der Waals surface area contributed by atoms with Crippen LogP contribution in [0.4, 0.5) is 18.9 Å². The van der Waals surface area contributed by atoms with Gasteiger partial charge in [-0.25, -0.2) is 13.2 Å². The molecule has 0 atom stereocenters. The van der Waals surface area contributed by atoms with Crippen LogP contribution in [-0.4, -0.2) is 28.8 Å². The molecule has 0 aliphatic carbocycles. The van der Waals surface area contributed by atoms with Gasteiger partial charge in [-0.2, -0.15) is 9.78 Å². The Morgan fingerprint density at radius 3 is 2.57 bits per heavy atom. The second kappa shape index (κ2) is 9.00. The van der Waals surface area contributed by atoms with E-state index in [2.05, 4.69) is 15.7 Å². The van der Waals surface area contributed by atoms with Crippen LogP contribution in [0.2, 0.25) is 5.02 Å². The number of aryl methyl sites for hydroxylation is 1. The number of aromatic nitrogens is 2. The molecule has 2 N–H and O–H groups in total. The third-order valence-corrected chi connectivity index (χ3v) is 4.58. The Labute approximate surface area is 174 Å². The summed E-state index contributed by atoms with van der Waals surface area (Å²) in [6, 6.07) is 6.86. The molecule has 3 rings (SSSR count). The van der Waals surface area contributed by atoms with Crippen molar-refractivity contribution in [2.24, 2.45) is 0 Å². The molecule has 2 aromatic carbocycles. The van der Waals surface area contributed by atoms with Crippen molar-refractivity contribution in [2.45, 2.75) is 6.92 Å². The molecule has 0 radical (unpaired) electrons. The van der Waals surface area contributed by atoms with Crippen molar-refractivity contribution in [2.75, 3.05) is 18.4 Å². The molecule has 1 aromatic heterocycles. The highest BCUT2D eigenvalue weighted by Gasteiger charge is 2.14. The van der Waals surface area contributed by atoms with Gasteiger partial charge in [0.25, 0.3) is 11.5 Å². The third-order valence-electron chi connectivity index (χ3n) is 4.22. The highest BCUT2D eigenvalue weighted by Crippen LogP contribution is 2.18.